The second kappa shape index (κ2) is 6.50. The van der Waals surface area contributed by atoms with Crippen LogP contribution in [0.3, 0.4) is 0 Å². The molecule has 0 saturated carbocycles. The molecule has 0 saturated heterocycles. The second-order valence-corrected chi connectivity index (χ2v) is 5.95. The van der Waals surface area contributed by atoms with Gasteiger partial charge in [-0.3, -0.25) is 4.79 Å². The van der Waals surface area contributed by atoms with E-state index in [9.17, 15) is 9.18 Å². The number of carbonyl (C=O) groups is 1. The monoisotopic (exact) mass is 400 g/mol. The normalized spacial score (nSPS) is 10.4. The van der Waals surface area contributed by atoms with Crippen molar-refractivity contribution < 1.29 is 13.9 Å². The van der Waals surface area contributed by atoms with Crippen molar-refractivity contribution in [1.29, 1.82) is 0 Å². The van der Waals surface area contributed by atoms with Crippen LogP contribution in [0, 0.1) is 5.82 Å². The van der Waals surface area contributed by atoms with Crippen LogP contribution in [0.25, 0.3) is 0 Å². The number of rotatable bonds is 4. The van der Waals surface area contributed by atoms with Gasteiger partial charge in [-0.1, -0.05) is 31.9 Å². The zero-order valence-electron chi connectivity index (χ0n) is 10.6. The predicted octanol–water partition coefficient (Wildman–Crippen LogP) is 4.78. The van der Waals surface area contributed by atoms with Gasteiger partial charge in [0.1, 0.15) is 11.6 Å². The Morgan fingerprint density at radius 3 is 2.65 bits per heavy atom. The largest absolute Gasteiger partial charge is 0.497 e. The molecule has 0 bridgehead atoms. The molecular formula is C15H11Br2FO2. The Morgan fingerprint density at radius 2 is 1.95 bits per heavy atom. The van der Waals surface area contributed by atoms with E-state index in [4.69, 9.17) is 4.74 Å². The van der Waals surface area contributed by atoms with Crippen molar-refractivity contribution in [3.8, 4) is 5.75 Å². The Bertz CT molecular complexity index is 656. The maximum Gasteiger partial charge on any atom is 0.170 e. The number of methoxy groups -OCH3 is 1. The quantitative estimate of drug-likeness (QED) is 0.688. The van der Waals surface area contributed by atoms with E-state index in [-0.39, 0.29) is 17.8 Å². The van der Waals surface area contributed by atoms with Crippen LogP contribution < -0.4 is 4.74 Å². The smallest absolute Gasteiger partial charge is 0.170 e. The number of hydrogen-bond donors (Lipinski definition) is 0. The van der Waals surface area contributed by atoms with Gasteiger partial charge in [-0.2, -0.15) is 0 Å². The van der Waals surface area contributed by atoms with Gasteiger partial charge in [0.25, 0.3) is 0 Å². The van der Waals surface area contributed by atoms with Crippen LogP contribution in [0.2, 0.25) is 0 Å². The summed E-state index contributed by atoms with van der Waals surface area (Å²) >= 11 is 6.62. The zero-order chi connectivity index (χ0) is 14.7. The molecule has 20 heavy (non-hydrogen) atoms. The summed E-state index contributed by atoms with van der Waals surface area (Å²) in [7, 11) is 1.56. The van der Waals surface area contributed by atoms with Crippen molar-refractivity contribution in [3.63, 3.8) is 0 Å². The predicted molar refractivity (Wildman–Crippen MR) is 82.8 cm³/mol. The topological polar surface area (TPSA) is 26.3 Å². The van der Waals surface area contributed by atoms with Gasteiger partial charge in [0.05, 0.1) is 12.7 Å². The van der Waals surface area contributed by atoms with Gasteiger partial charge in [0.15, 0.2) is 5.78 Å². The van der Waals surface area contributed by atoms with Crippen molar-refractivity contribution in [2.75, 3.05) is 7.11 Å². The molecule has 0 radical (unpaired) electrons. The van der Waals surface area contributed by atoms with Crippen LogP contribution >= 0.6 is 31.9 Å². The molecule has 0 aliphatic heterocycles. The first-order valence-corrected chi connectivity index (χ1v) is 7.40. The average molecular weight is 402 g/mol. The summed E-state index contributed by atoms with van der Waals surface area (Å²) in [5.41, 5.74) is 0.836. The molecule has 2 rings (SSSR count). The summed E-state index contributed by atoms with van der Waals surface area (Å²) in [4.78, 5) is 12.2. The van der Waals surface area contributed by atoms with E-state index >= 15 is 0 Å². The van der Waals surface area contributed by atoms with Crippen LogP contribution in [0.1, 0.15) is 15.9 Å². The van der Waals surface area contributed by atoms with Gasteiger partial charge in [-0.25, -0.2) is 4.39 Å². The van der Waals surface area contributed by atoms with Gasteiger partial charge in [-0.05, 0) is 42.0 Å². The highest BCUT2D eigenvalue weighted by Crippen LogP contribution is 2.25. The summed E-state index contributed by atoms with van der Waals surface area (Å²) in [6.07, 6.45) is 0.102. The first kappa shape index (κ1) is 15.2. The van der Waals surface area contributed by atoms with Gasteiger partial charge in [-0.15, -0.1) is 0 Å². The fourth-order valence-electron chi connectivity index (χ4n) is 1.79. The first-order valence-electron chi connectivity index (χ1n) is 5.82. The molecule has 0 aromatic heterocycles. The number of ether oxygens (including phenoxy) is 1. The summed E-state index contributed by atoms with van der Waals surface area (Å²) in [6, 6.07) is 9.69. The standard InChI is InChI=1S/C15H11Br2FO2/c1-20-11-3-4-13(17)9(6-11)7-15(19)12-8-10(16)2-5-14(12)18/h2-6,8H,7H2,1H3. The molecule has 0 unspecified atom stereocenters. The minimum Gasteiger partial charge on any atom is -0.497 e. The third kappa shape index (κ3) is 3.46. The molecule has 0 spiro atoms. The number of benzene rings is 2. The highest BCUT2D eigenvalue weighted by atomic mass is 79.9. The minimum absolute atomic E-state index is 0.0779. The second-order valence-electron chi connectivity index (χ2n) is 4.18. The first-order chi connectivity index (χ1) is 9.51. The SMILES string of the molecule is COc1ccc(Br)c(CC(=O)c2cc(Br)ccc2F)c1. The van der Waals surface area contributed by atoms with Crippen molar-refractivity contribution in [1.82, 2.24) is 0 Å². The van der Waals surface area contributed by atoms with Crippen molar-refractivity contribution >= 4 is 37.6 Å². The molecule has 0 aliphatic rings. The van der Waals surface area contributed by atoms with E-state index in [1.807, 2.05) is 0 Å². The zero-order valence-corrected chi connectivity index (χ0v) is 13.8. The van der Waals surface area contributed by atoms with Crippen molar-refractivity contribution in [3.05, 3.63) is 62.3 Å². The van der Waals surface area contributed by atoms with Crippen molar-refractivity contribution in [2.45, 2.75) is 6.42 Å². The van der Waals surface area contributed by atoms with E-state index in [0.29, 0.717) is 10.2 Å². The fraction of sp³-hybridized carbons (Fsp3) is 0.133. The van der Waals surface area contributed by atoms with E-state index in [2.05, 4.69) is 31.9 Å². The maximum absolute atomic E-state index is 13.7. The molecular weight excluding hydrogens is 391 g/mol. The molecule has 0 heterocycles. The van der Waals surface area contributed by atoms with E-state index in [0.717, 1.165) is 10.0 Å². The van der Waals surface area contributed by atoms with Crippen LogP contribution in [0.5, 0.6) is 5.75 Å². The Hall–Kier alpha value is -1.20. The average Bonchev–Trinajstić information content (AvgIpc) is 2.43. The lowest BCUT2D eigenvalue weighted by atomic mass is 10.0. The van der Waals surface area contributed by atoms with E-state index in [1.54, 1.807) is 31.4 Å². The molecule has 0 amide bonds. The molecule has 0 aliphatic carbocycles. The number of ketones is 1. The Labute approximate surface area is 133 Å². The lowest BCUT2D eigenvalue weighted by Gasteiger charge is -2.08. The molecule has 2 aromatic carbocycles. The Morgan fingerprint density at radius 1 is 1.20 bits per heavy atom. The third-order valence-electron chi connectivity index (χ3n) is 2.83. The summed E-state index contributed by atoms with van der Waals surface area (Å²) < 4.78 is 20.3. The summed E-state index contributed by atoms with van der Waals surface area (Å²) in [6.45, 7) is 0. The highest BCUT2D eigenvalue weighted by Gasteiger charge is 2.15. The number of Topliss-reactive ketones (excluding diaryl/α,β-unsaturated/α-hetero) is 1. The molecule has 0 N–H and O–H groups in total. The third-order valence-corrected chi connectivity index (χ3v) is 4.10. The summed E-state index contributed by atoms with van der Waals surface area (Å²) in [5, 5.41) is 0. The molecule has 104 valence electrons. The Balaban J connectivity index is 2.30. The lowest BCUT2D eigenvalue weighted by Crippen LogP contribution is -2.07. The number of carbonyl (C=O) groups excluding carboxylic acids is 1. The fourth-order valence-corrected chi connectivity index (χ4v) is 2.54. The van der Waals surface area contributed by atoms with Crippen LogP contribution in [-0.2, 0) is 6.42 Å². The lowest BCUT2D eigenvalue weighted by molar-refractivity contribution is 0.0989. The van der Waals surface area contributed by atoms with Crippen LogP contribution in [-0.4, -0.2) is 12.9 Å². The van der Waals surface area contributed by atoms with Crippen LogP contribution in [0.4, 0.5) is 4.39 Å². The Kier molecular flexibility index (Phi) is 4.94. The van der Waals surface area contributed by atoms with Gasteiger partial charge < -0.3 is 4.74 Å². The number of hydrogen-bond acceptors (Lipinski definition) is 2. The maximum atomic E-state index is 13.7. The van der Waals surface area contributed by atoms with E-state index in [1.165, 1.54) is 12.1 Å². The molecule has 0 atom stereocenters. The van der Waals surface area contributed by atoms with Gasteiger partial charge in [0, 0.05) is 15.4 Å². The minimum atomic E-state index is -0.516. The molecule has 0 fully saturated rings. The summed E-state index contributed by atoms with van der Waals surface area (Å²) in [5.74, 6) is -0.138. The van der Waals surface area contributed by atoms with Crippen LogP contribution in [0.15, 0.2) is 45.3 Å². The molecule has 5 heteroatoms. The highest BCUT2D eigenvalue weighted by molar-refractivity contribution is 9.10. The molecule has 2 aromatic rings. The van der Waals surface area contributed by atoms with E-state index < -0.39 is 5.82 Å². The molecule has 2 nitrogen and oxygen atoms in total. The van der Waals surface area contributed by atoms with Gasteiger partial charge in [0.2, 0.25) is 0 Å². The van der Waals surface area contributed by atoms with Crippen molar-refractivity contribution in [2.24, 2.45) is 0 Å². The van der Waals surface area contributed by atoms with Gasteiger partial charge >= 0.3 is 0 Å². The number of halogens is 3.